The number of likely N-dealkylation sites (N-methyl/N-ethyl adjacent to an activating group) is 1. The van der Waals surface area contributed by atoms with Crippen LogP contribution in [0, 0.1) is 0 Å². The van der Waals surface area contributed by atoms with Gasteiger partial charge in [0.25, 0.3) is 0 Å². The molecule has 4 heteroatoms. The van der Waals surface area contributed by atoms with Crippen LogP contribution in [-0.2, 0) is 7.05 Å². The highest BCUT2D eigenvalue weighted by molar-refractivity contribution is 5.12. The number of aryl methyl sites for hydroxylation is 1. The van der Waals surface area contributed by atoms with Gasteiger partial charge in [-0.25, -0.2) is 0 Å². The molecule has 0 spiro atoms. The molecule has 0 amide bonds. The number of hydrogen-bond donors (Lipinski definition) is 1. The van der Waals surface area contributed by atoms with Crippen LogP contribution in [0.4, 0.5) is 0 Å². The lowest BCUT2D eigenvalue weighted by Gasteiger charge is -2.29. The van der Waals surface area contributed by atoms with Crippen molar-refractivity contribution in [2.24, 2.45) is 12.8 Å². The van der Waals surface area contributed by atoms with E-state index in [9.17, 15) is 0 Å². The molecular weight excluding hydrogens is 176 g/mol. The van der Waals surface area contributed by atoms with Gasteiger partial charge in [0.2, 0.25) is 0 Å². The summed E-state index contributed by atoms with van der Waals surface area (Å²) < 4.78 is 1.81. The lowest BCUT2D eigenvalue weighted by atomic mass is 10.0. The molecule has 80 valence electrons. The lowest BCUT2D eigenvalue weighted by Crippen LogP contribution is -2.36. The molecule has 0 aliphatic rings. The molecule has 2 N–H and O–H groups in total. The predicted molar refractivity (Wildman–Crippen MR) is 57.9 cm³/mol. The van der Waals surface area contributed by atoms with Crippen molar-refractivity contribution >= 4 is 0 Å². The van der Waals surface area contributed by atoms with Crippen molar-refractivity contribution in [3.63, 3.8) is 0 Å². The van der Waals surface area contributed by atoms with Crippen molar-refractivity contribution < 1.29 is 0 Å². The van der Waals surface area contributed by atoms with E-state index in [0.717, 1.165) is 6.54 Å². The molecular formula is C10H20N4. The molecule has 1 rings (SSSR count). The highest BCUT2D eigenvalue weighted by atomic mass is 15.2. The van der Waals surface area contributed by atoms with Gasteiger partial charge in [-0.05, 0) is 20.5 Å². The molecule has 0 saturated carbocycles. The predicted octanol–water partition coefficient (Wildman–Crippen LogP) is 0.760. The van der Waals surface area contributed by atoms with E-state index in [4.69, 9.17) is 5.73 Å². The monoisotopic (exact) mass is 196 g/mol. The van der Waals surface area contributed by atoms with Crippen molar-refractivity contribution in [3.05, 3.63) is 18.0 Å². The molecule has 0 radical (unpaired) electrons. The summed E-state index contributed by atoms with van der Waals surface area (Å²) in [5.41, 5.74) is 7.16. The Morgan fingerprint density at radius 3 is 2.64 bits per heavy atom. The van der Waals surface area contributed by atoms with Crippen LogP contribution < -0.4 is 5.73 Å². The highest BCUT2D eigenvalue weighted by Crippen LogP contribution is 2.20. The van der Waals surface area contributed by atoms with Gasteiger partial charge < -0.3 is 5.73 Å². The second-order valence-electron chi connectivity index (χ2n) is 3.82. The Kier molecular flexibility index (Phi) is 3.66. The summed E-state index contributed by atoms with van der Waals surface area (Å²) >= 11 is 0. The standard InChI is InChI=1S/C10H20N4/c1-5-13(3)10(8(2)11)9-6-12-14(4)7-9/h6-8,10H,5,11H2,1-4H3. The first-order valence-corrected chi connectivity index (χ1v) is 5.00. The topological polar surface area (TPSA) is 47.1 Å². The molecule has 4 nitrogen and oxygen atoms in total. The summed E-state index contributed by atoms with van der Waals surface area (Å²) in [5.74, 6) is 0. The van der Waals surface area contributed by atoms with Crippen molar-refractivity contribution in [2.75, 3.05) is 13.6 Å². The third-order valence-corrected chi connectivity index (χ3v) is 2.54. The number of aromatic nitrogens is 2. The minimum atomic E-state index is 0.115. The maximum Gasteiger partial charge on any atom is 0.0538 e. The average Bonchev–Trinajstić information content (AvgIpc) is 2.51. The largest absolute Gasteiger partial charge is 0.326 e. The van der Waals surface area contributed by atoms with E-state index in [2.05, 4.69) is 24.0 Å². The maximum atomic E-state index is 5.98. The molecule has 0 aromatic carbocycles. The Bertz CT molecular complexity index is 279. The quantitative estimate of drug-likeness (QED) is 0.773. The van der Waals surface area contributed by atoms with Crippen molar-refractivity contribution in [2.45, 2.75) is 25.9 Å². The van der Waals surface area contributed by atoms with Gasteiger partial charge in [0, 0.05) is 24.8 Å². The van der Waals surface area contributed by atoms with Crippen molar-refractivity contribution in [1.29, 1.82) is 0 Å². The zero-order chi connectivity index (χ0) is 10.7. The summed E-state index contributed by atoms with van der Waals surface area (Å²) in [4.78, 5) is 2.24. The van der Waals surface area contributed by atoms with Crippen LogP contribution in [0.25, 0.3) is 0 Å². The Morgan fingerprint density at radius 1 is 1.64 bits per heavy atom. The second-order valence-corrected chi connectivity index (χ2v) is 3.82. The van der Waals surface area contributed by atoms with Gasteiger partial charge in [-0.2, -0.15) is 5.10 Å². The zero-order valence-corrected chi connectivity index (χ0v) is 9.44. The van der Waals surface area contributed by atoms with Crippen LogP contribution in [0.2, 0.25) is 0 Å². The molecule has 14 heavy (non-hydrogen) atoms. The van der Waals surface area contributed by atoms with E-state index in [1.807, 2.05) is 31.0 Å². The third-order valence-electron chi connectivity index (χ3n) is 2.54. The molecule has 2 unspecified atom stereocenters. The minimum Gasteiger partial charge on any atom is -0.326 e. The van der Waals surface area contributed by atoms with Crippen molar-refractivity contribution in [1.82, 2.24) is 14.7 Å². The maximum absolute atomic E-state index is 5.98. The van der Waals surface area contributed by atoms with E-state index in [1.54, 1.807) is 0 Å². The Balaban J connectivity index is 2.88. The summed E-state index contributed by atoms with van der Waals surface area (Å²) in [7, 11) is 4.01. The first-order valence-electron chi connectivity index (χ1n) is 5.00. The molecule has 1 aromatic rings. The summed E-state index contributed by atoms with van der Waals surface area (Å²) in [6, 6.07) is 0.373. The zero-order valence-electron chi connectivity index (χ0n) is 9.44. The molecule has 1 heterocycles. The molecule has 0 aliphatic heterocycles. The second kappa shape index (κ2) is 4.57. The number of rotatable bonds is 4. The average molecular weight is 196 g/mol. The molecule has 0 bridgehead atoms. The van der Waals surface area contributed by atoms with Gasteiger partial charge in [0.15, 0.2) is 0 Å². The molecule has 1 aromatic heterocycles. The summed E-state index contributed by atoms with van der Waals surface area (Å²) in [6.07, 6.45) is 3.92. The first-order chi connectivity index (χ1) is 6.56. The Morgan fingerprint density at radius 2 is 2.29 bits per heavy atom. The third kappa shape index (κ3) is 2.33. The number of nitrogens with zero attached hydrogens (tertiary/aromatic N) is 3. The van der Waals surface area contributed by atoms with Crippen LogP contribution in [0.1, 0.15) is 25.5 Å². The highest BCUT2D eigenvalue weighted by Gasteiger charge is 2.21. The Hall–Kier alpha value is -0.870. The number of hydrogen-bond acceptors (Lipinski definition) is 3. The SMILES string of the molecule is CCN(C)C(c1cnn(C)c1)C(C)N. The van der Waals surface area contributed by atoms with Gasteiger partial charge in [-0.3, -0.25) is 9.58 Å². The van der Waals surface area contributed by atoms with E-state index in [1.165, 1.54) is 5.56 Å². The van der Waals surface area contributed by atoms with Crippen molar-refractivity contribution in [3.8, 4) is 0 Å². The van der Waals surface area contributed by atoms with E-state index in [0.29, 0.717) is 0 Å². The van der Waals surface area contributed by atoms with Crippen LogP contribution in [-0.4, -0.2) is 34.3 Å². The number of nitrogens with two attached hydrogens (primary N) is 1. The van der Waals surface area contributed by atoms with Gasteiger partial charge in [-0.1, -0.05) is 6.92 Å². The summed E-state index contributed by atoms with van der Waals surface area (Å²) in [5, 5.41) is 4.17. The first kappa shape index (κ1) is 11.2. The van der Waals surface area contributed by atoms with Crippen LogP contribution >= 0.6 is 0 Å². The van der Waals surface area contributed by atoms with E-state index < -0.39 is 0 Å². The minimum absolute atomic E-state index is 0.115. The fourth-order valence-electron chi connectivity index (χ4n) is 1.75. The van der Waals surface area contributed by atoms with Gasteiger partial charge in [-0.15, -0.1) is 0 Å². The molecule has 2 atom stereocenters. The normalized spacial score (nSPS) is 15.9. The lowest BCUT2D eigenvalue weighted by molar-refractivity contribution is 0.230. The Labute approximate surface area is 85.7 Å². The van der Waals surface area contributed by atoms with Gasteiger partial charge in [0.05, 0.1) is 12.2 Å². The van der Waals surface area contributed by atoms with E-state index in [-0.39, 0.29) is 12.1 Å². The fourth-order valence-corrected chi connectivity index (χ4v) is 1.75. The molecule has 0 saturated heterocycles. The molecule has 0 aliphatic carbocycles. The smallest absolute Gasteiger partial charge is 0.0538 e. The van der Waals surface area contributed by atoms with Gasteiger partial charge >= 0.3 is 0 Å². The van der Waals surface area contributed by atoms with Crippen LogP contribution in [0.5, 0.6) is 0 Å². The van der Waals surface area contributed by atoms with E-state index >= 15 is 0 Å². The summed E-state index contributed by atoms with van der Waals surface area (Å²) in [6.45, 7) is 5.15. The van der Waals surface area contributed by atoms with Gasteiger partial charge in [0.1, 0.15) is 0 Å². The van der Waals surface area contributed by atoms with Crippen LogP contribution in [0.15, 0.2) is 12.4 Å². The fraction of sp³-hybridized carbons (Fsp3) is 0.700. The molecule has 0 fully saturated rings. The van der Waals surface area contributed by atoms with Crippen LogP contribution in [0.3, 0.4) is 0 Å².